The van der Waals surface area contributed by atoms with Crippen molar-refractivity contribution in [1.29, 1.82) is 0 Å². The van der Waals surface area contributed by atoms with Gasteiger partial charge in [0.25, 0.3) is 0 Å². The smallest absolute Gasteiger partial charge is 0.354 e. The molecule has 3 aromatic rings. The van der Waals surface area contributed by atoms with Crippen LogP contribution in [0.1, 0.15) is 67.5 Å². The molecule has 2 fully saturated rings. The molecule has 4 heterocycles. The van der Waals surface area contributed by atoms with Gasteiger partial charge >= 0.3 is 5.97 Å². The summed E-state index contributed by atoms with van der Waals surface area (Å²) in [6.07, 6.45) is 5.87. The van der Waals surface area contributed by atoms with Crippen molar-refractivity contribution in [3.05, 3.63) is 45.9 Å². The van der Waals surface area contributed by atoms with E-state index in [1.807, 2.05) is 12.1 Å². The van der Waals surface area contributed by atoms with Crippen LogP contribution in [0.15, 0.2) is 28.9 Å². The largest absolute Gasteiger partial charge is 0.477 e. The maximum atomic E-state index is 11.4. The zero-order valence-corrected chi connectivity index (χ0v) is 20.5. The highest BCUT2D eigenvalue weighted by molar-refractivity contribution is 7.19. The summed E-state index contributed by atoms with van der Waals surface area (Å²) in [6, 6.07) is 6.65. The van der Waals surface area contributed by atoms with E-state index in [1.165, 1.54) is 43.5 Å². The van der Waals surface area contributed by atoms with Crippen molar-refractivity contribution < 1.29 is 14.4 Å². The number of carboxylic acid groups (broad SMARTS) is 1. The average molecular weight is 492 g/mol. The van der Waals surface area contributed by atoms with E-state index in [4.69, 9.17) is 21.9 Å². The molecule has 3 N–H and O–H groups in total. The van der Waals surface area contributed by atoms with Crippen LogP contribution in [0.2, 0.25) is 4.34 Å². The van der Waals surface area contributed by atoms with Gasteiger partial charge in [0.15, 0.2) is 5.76 Å². The van der Waals surface area contributed by atoms with Crippen LogP contribution in [0.25, 0.3) is 10.6 Å². The normalized spacial score (nSPS) is 17.2. The monoisotopic (exact) mass is 491 g/mol. The van der Waals surface area contributed by atoms with Gasteiger partial charge in [0, 0.05) is 24.1 Å². The third-order valence-electron chi connectivity index (χ3n) is 6.05. The summed E-state index contributed by atoms with van der Waals surface area (Å²) < 4.78 is 7.74. The van der Waals surface area contributed by atoms with Crippen molar-refractivity contribution in [1.82, 2.24) is 19.6 Å². The molecule has 0 bridgehead atoms. The van der Waals surface area contributed by atoms with E-state index in [1.54, 1.807) is 10.6 Å². The Morgan fingerprint density at radius 1 is 1.30 bits per heavy atom. The Morgan fingerprint density at radius 3 is 2.61 bits per heavy atom. The van der Waals surface area contributed by atoms with Gasteiger partial charge < -0.3 is 24.8 Å². The van der Waals surface area contributed by atoms with Crippen LogP contribution < -0.4 is 5.73 Å². The molecule has 33 heavy (non-hydrogen) atoms. The topological polar surface area (TPSA) is 110 Å². The number of likely N-dealkylation sites (tertiary alicyclic amines) is 1. The molecule has 1 aliphatic heterocycles. The van der Waals surface area contributed by atoms with Crippen molar-refractivity contribution in [2.45, 2.75) is 64.1 Å². The van der Waals surface area contributed by atoms with Crippen LogP contribution in [0.4, 0.5) is 0 Å². The van der Waals surface area contributed by atoms with Crippen LogP contribution in [-0.4, -0.2) is 55.9 Å². The van der Waals surface area contributed by atoms with E-state index >= 15 is 0 Å². The van der Waals surface area contributed by atoms with Gasteiger partial charge in [-0.25, -0.2) is 9.78 Å². The Balaban J connectivity index is 0.000000219. The molecule has 0 aromatic carbocycles. The van der Waals surface area contributed by atoms with Crippen molar-refractivity contribution >= 4 is 28.9 Å². The predicted molar refractivity (Wildman–Crippen MR) is 129 cm³/mol. The summed E-state index contributed by atoms with van der Waals surface area (Å²) in [6.45, 7) is 7.21. The molecule has 1 saturated carbocycles. The summed E-state index contributed by atoms with van der Waals surface area (Å²) in [5.74, 6) is 0.803. The number of aromatic carboxylic acids is 1. The molecule has 0 amide bonds. The molecule has 1 saturated heterocycles. The molecule has 0 atom stereocenters. The first kappa shape index (κ1) is 23.9. The number of aromatic nitrogens is 3. The Bertz CT molecular complexity index is 1080. The maximum Gasteiger partial charge on any atom is 0.354 e. The molecule has 2 aliphatic rings. The van der Waals surface area contributed by atoms with Gasteiger partial charge in [-0.3, -0.25) is 0 Å². The Labute approximate surface area is 202 Å². The first-order valence-electron chi connectivity index (χ1n) is 11.3. The third kappa shape index (κ3) is 6.03. The first-order chi connectivity index (χ1) is 15.8. The number of carbonyl (C=O) groups is 1. The van der Waals surface area contributed by atoms with Gasteiger partial charge in [-0.15, -0.1) is 11.3 Å². The lowest BCUT2D eigenvalue weighted by atomic mass is 10.1. The van der Waals surface area contributed by atoms with Gasteiger partial charge in [0.1, 0.15) is 17.2 Å². The number of imidazole rings is 1. The highest BCUT2D eigenvalue weighted by atomic mass is 35.5. The molecule has 5 rings (SSSR count). The predicted octanol–water partition coefficient (Wildman–Crippen LogP) is 4.69. The highest BCUT2D eigenvalue weighted by Crippen LogP contribution is 2.40. The SMILES string of the molecule is CC(C)N1CCC(N)CC1.O=C(O)c1cnc(C2CC2)n1Cc1cc(-c2ccc(Cl)s2)on1. The number of halogens is 1. The zero-order chi connectivity index (χ0) is 23.5. The molecule has 1 aliphatic carbocycles. The van der Waals surface area contributed by atoms with E-state index < -0.39 is 5.97 Å². The quantitative estimate of drug-likeness (QED) is 0.514. The van der Waals surface area contributed by atoms with Crippen LogP contribution in [0, 0.1) is 0 Å². The van der Waals surface area contributed by atoms with Gasteiger partial charge in [-0.05, 0) is 64.8 Å². The average Bonchev–Trinajstić information content (AvgIpc) is 3.16. The lowest BCUT2D eigenvalue weighted by Crippen LogP contribution is -2.42. The van der Waals surface area contributed by atoms with Crippen molar-refractivity contribution in [2.75, 3.05) is 13.1 Å². The van der Waals surface area contributed by atoms with E-state index in [0.29, 0.717) is 40.3 Å². The molecule has 0 spiro atoms. The fourth-order valence-corrected chi connectivity index (χ4v) is 4.93. The summed E-state index contributed by atoms with van der Waals surface area (Å²) in [4.78, 5) is 19.0. The number of hydrogen-bond donors (Lipinski definition) is 2. The van der Waals surface area contributed by atoms with Gasteiger partial charge in [-0.1, -0.05) is 16.8 Å². The second-order valence-corrected chi connectivity index (χ2v) is 10.6. The summed E-state index contributed by atoms with van der Waals surface area (Å²) >= 11 is 7.34. The van der Waals surface area contributed by atoms with Gasteiger partial charge in [-0.2, -0.15) is 0 Å². The molecule has 3 aromatic heterocycles. The van der Waals surface area contributed by atoms with Crippen LogP contribution in [0.3, 0.4) is 0 Å². The third-order valence-corrected chi connectivity index (χ3v) is 7.29. The minimum Gasteiger partial charge on any atom is -0.477 e. The molecule has 0 unspecified atom stereocenters. The van der Waals surface area contributed by atoms with Crippen molar-refractivity contribution in [3.8, 4) is 10.6 Å². The Kier molecular flexibility index (Phi) is 7.53. The van der Waals surface area contributed by atoms with Crippen molar-refractivity contribution in [2.24, 2.45) is 5.73 Å². The highest BCUT2D eigenvalue weighted by Gasteiger charge is 2.31. The number of thiophene rings is 1. The second-order valence-electron chi connectivity index (χ2n) is 8.92. The van der Waals surface area contributed by atoms with Gasteiger partial charge in [0.05, 0.1) is 22.0 Å². The Morgan fingerprint density at radius 2 is 2.03 bits per heavy atom. The van der Waals surface area contributed by atoms with Crippen LogP contribution in [-0.2, 0) is 6.54 Å². The second kappa shape index (κ2) is 10.4. The number of nitrogens with two attached hydrogens (primary N) is 1. The molecule has 0 radical (unpaired) electrons. The minimum absolute atomic E-state index is 0.176. The molecule has 178 valence electrons. The molecule has 8 nitrogen and oxygen atoms in total. The molecular formula is C23H30ClN5O3S. The Hall–Kier alpha value is -2.20. The number of carboxylic acids is 1. The summed E-state index contributed by atoms with van der Waals surface area (Å²) in [5, 5.41) is 13.4. The van der Waals surface area contributed by atoms with E-state index in [0.717, 1.165) is 23.5 Å². The minimum atomic E-state index is -0.988. The fraction of sp³-hybridized carbons (Fsp3) is 0.522. The van der Waals surface area contributed by atoms with Crippen LogP contribution in [0.5, 0.6) is 0 Å². The standard InChI is InChI=1S/C15H12ClN3O3S.C8H18N2/c16-13-4-3-12(23-13)11-5-9(18-22-11)7-19-10(15(20)21)6-17-14(19)8-1-2-8;1-7(2)10-5-3-8(9)4-6-10/h3-6,8H,1-2,7H2,(H,20,21);7-8H,3-6,9H2,1-2H3. The maximum absolute atomic E-state index is 11.4. The van der Waals surface area contributed by atoms with Gasteiger partial charge in [0.2, 0.25) is 0 Å². The number of piperidine rings is 1. The fourth-order valence-electron chi connectivity index (χ4n) is 3.94. The van der Waals surface area contributed by atoms with E-state index in [9.17, 15) is 9.90 Å². The number of hydrogen-bond acceptors (Lipinski definition) is 7. The number of rotatable bonds is 6. The summed E-state index contributed by atoms with van der Waals surface area (Å²) in [5.41, 5.74) is 6.61. The first-order valence-corrected chi connectivity index (χ1v) is 12.5. The van der Waals surface area contributed by atoms with Crippen molar-refractivity contribution in [3.63, 3.8) is 0 Å². The number of nitrogens with zero attached hydrogens (tertiary/aromatic N) is 4. The molecular weight excluding hydrogens is 462 g/mol. The van der Waals surface area contributed by atoms with E-state index in [2.05, 4.69) is 28.9 Å². The van der Waals surface area contributed by atoms with E-state index in [-0.39, 0.29) is 5.69 Å². The summed E-state index contributed by atoms with van der Waals surface area (Å²) in [7, 11) is 0. The molecule has 10 heteroatoms. The lowest BCUT2D eigenvalue weighted by Gasteiger charge is -2.32. The van der Waals surface area contributed by atoms with Crippen LogP contribution >= 0.6 is 22.9 Å². The lowest BCUT2D eigenvalue weighted by molar-refractivity contribution is 0.0685. The zero-order valence-electron chi connectivity index (χ0n) is 18.9.